The lowest BCUT2D eigenvalue weighted by atomic mass is 9.85. The van der Waals surface area contributed by atoms with Crippen LogP contribution in [0.4, 0.5) is 10.5 Å². The predicted octanol–water partition coefficient (Wildman–Crippen LogP) is 4.80. The van der Waals surface area contributed by atoms with Crippen molar-refractivity contribution in [2.24, 2.45) is 0 Å². The Hall–Kier alpha value is -3.28. The van der Waals surface area contributed by atoms with Gasteiger partial charge < -0.3 is 14.8 Å². The van der Waals surface area contributed by atoms with Crippen LogP contribution in [0.25, 0.3) is 5.70 Å². The topological polar surface area (TPSA) is 76.7 Å². The van der Waals surface area contributed by atoms with Gasteiger partial charge in [0.15, 0.2) is 5.78 Å². The highest BCUT2D eigenvalue weighted by atomic mass is 16.5. The molecule has 6 nitrogen and oxygen atoms in total. The Labute approximate surface area is 177 Å². The molecule has 0 aromatic heterocycles. The van der Waals surface area contributed by atoms with Crippen molar-refractivity contribution >= 4 is 23.3 Å². The Morgan fingerprint density at radius 2 is 2.00 bits per heavy atom. The normalized spacial score (nSPS) is 15.7. The van der Waals surface area contributed by atoms with Gasteiger partial charge in [0.2, 0.25) is 0 Å². The van der Waals surface area contributed by atoms with Crippen LogP contribution >= 0.6 is 0 Å². The molecule has 1 aliphatic heterocycles. The van der Waals surface area contributed by atoms with Crippen LogP contribution in [0.15, 0.2) is 48.5 Å². The van der Waals surface area contributed by atoms with Gasteiger partial charge in [-0.25, -0.2) is 4.79 Å². The second-order valence-corrected chi connectivity index (χ2v) is 7.97. The molecule has 6 heteroatoms. The minimum absolute atomic E-state index is 0.158. The number of amides is 1. The van der Waals surface area contributed by atoms with Gasteiger partial charge in [0.1, 0.15) is 5.75 Å². The number of ether oxygens (including phenoxy) is 2. The van der Waals surface area contributed by atoms with Crippen molar-refractivity contribution in [1.29, 1.82) is 0 Å². The number of anilines is 1. The van der Waals surface area contributed by atoms with Crippen molar-refractivity contribution in [2.75, 3.05) is 19.0 Å². The summed E-state index contributed by atoms with van der Waals surface area (Å²) in [6.07, 6.45) is 2.66. The quantitative estimate of drug-likeness (QED) is 0.530. The van der Waals surface area contributed by atoms with Gasteiger partial charge in [0, 0.05) is 34.1 Å². The number of allylic oxidation sites excluding steroid dienone is 1. The van der Waals surface area contributed by atoms with E-state index < -0.39 is 6.09 Å². The predicted molar refractivity (Wildman–Crippen MR) is 118 cm³/mol. The molecule has 0 atom stereocenters. The third-order valence-corrected chi connectivity index (χ3v) is 4.82. The van der Waals surface area contributed by atoms with E-state index in [0.29, 0.717) is 17.9 Å². The lowest BCUT2D eigenvalue weighted by molar-refractivity contribution is 0.104. The molecule has 2 aromatic rings. The lowest BCUT2D eigenvalue weighted by Gasteiger charge is -2.35. The number of methoxy groups -OCH3 is 1. The Kier molecular flexibility index (Phi) is 6.45. The fourth-order valence-corrected chi connectivity index (χ4v) is 3.47. The maximum absolute atomic E-state index is 13.0. The van der Waals surface area contributed by atoms with Crippen LogP contribution in [0.5, 0.6) is 5.75 Å². The highest BCUT2D eigenvalue weighted by Gasteiger charge is 2.28. The van der Waals surface area contributed by atoms with E-state index in [4.69, 9.17) is 9.47 Å². The first-order valence-corrected chi connectivity index (χ1v) is 10.1. The van der Waals surface area contributed by atoms with Crippen LogP contribution in [-0.2, 0) is 11.2 Å². The zero-order chi connectivity index (χ0) is 21.7. The zero-order valence-electron chi connectivity index (χ0n) is 17.9. The van der Waals surface area contributed by atoms with Crippen LogP contribution in [0.1, 0.15) is 48.7 Å². The smallest absolute Gasteiger partial charge is 0.411 e. The molecule has 2 N–H and O–H groups in total. The maximum atomic E-state index is 13.0. The van der Waals surface area contributed by atoms with Crippen LogP contribution in [0, 0.1) is 0 Å². The van der Waals surface area contributed by atoms with Gasteiger partial charge in [0.25, 0.3) is 0 Å². The second-order valence-electron chi connectivity index (χ2n) is 7.97. The maximum Gasteiger partial charge on any atom is 0.411 e. The Balaban J connectivity index is 1.87. The van der Waals surface area contributed by atoms with Gasteiger partial charge in [-0.1, -0.05) is 25.1 Å². The highest BCUT2D eigenvalue weighted by Crippen LogP contribution is 2.32. The second kappa shape index (κ2) is 9.03. The number of fused-ring (bicyclic) bond motifs is 1. The molecule has 0 radical (unpaired) electrons. The van der Waals surface area contributed by atoms with Crippen molar-refractivity contribution in [2.45, 2.75) is 39.2 Å². The van der Waals surface area contributed by atoms with E-state index in [1.807, 2.05) is 25.1 Å². The largest absolute Gasteiger partial charge is 0.497 e. The van der Waals surface area contributed by atoms with Crippen molar-refractivity contribution in [1.82, 2.24) is 5.32 Å². The number of rotatable bonds is 6. The SMILES string of the molecule is CCCOC(=O)Nc1cccc(C(=O)/C=C2\NC(C)(C)Cc3ccc(OC)cc32)c1. The van der Waals surface area contributed by atoms with E-state index >= 15 is 0 Å². The number of hydrogen-bond donors (Lipinski definition) is 2. The molecular weight excluding hydrogens is 380 g/mol. The number of benzene rings is 2. The summed E-state index contributed by atoms with van der Waals surface area (Å²) >= 11 is 0. The molecule has 0 spiro atoms. The zero-order valence-corrected chi connectivity index (χ0v) is 17.9. The molecule has 1 amide bonds. The number of ketones is 1. The summed E-state index contributed by atoms with van der Waals surface area (Å²) in [5.74, 6) is 0.583. The Morgan fingerprint density at radius 3 is 2.73 bits per heavy atom. The molecule has 0 saturated heterocycles. The third kappa shape index (κ3) is 5.20. The summed E-state index contributed by atoms with van der Waals surface area (Å²) in [7, 11) is 1.63. The van der Waals surface area contributed by atoms with Gasteiger partial charge >= 0.3 is 6.09 Å². The van der Waals surface area contributed by atoms with Crippen LogP contribution in [0.2, 0.25) is 0 Å². The monoisotopic (exact) mass is 408 g/mol. The van der Waals surface area contributed by atoms with Gasteiger partial charge in [-0.05, 0) is 56.5 Å². The molecule has 3 rings (SSSR count). The van der Waals surface area contributed by atoms with Crippen LogP contribution in [-0.4, -0.2) is 31.1 Å². The van der Waals surface area contributed by atoms with Gasteiger partial charge in [-0.3, -0.25) is 10.1 Å². The van der Waals surface area contributed by atoms with Gasteiger partial charge in [-0.2, -0.15) is 0 Å². The van der Waals surface area contributed by atoms with E-state index in [0.717, 1.165) is 35.4 Å². The van der Waals surface area contributed by atoms with Gasteiger partial charge in [-0.15, -0.1) is 0 Å². The molecule has 1 aliphatic rings. The summed E-state index contributed by atoms with van der Waals surface area (Å²) in [5.41, 5.74) is 3.68. The van der Waals surface area contributed by atoms with Gasteiger partial charge in [0.05, 0.1) is 13.7 Å². The minimum Gasteiger partial charge on any atom is -0.497 e. The number of hydrogen-bond acceptors (Lipinski definition) is 5. The van der Waals surface area contributed by atoms with Crippen molar-refractivity contribution in [3.8, 4) is 5.75 Å². The molecule has 158 valence electrons. The molecule has 30 heavy (non-hydrogen) atoms. The molecule has 0 bridgehead atoms. The van der Waals surface area contributed by atoms with Crippen molar-refractivity contribution in [3.05, 3.63) is 65.2 Å². The van der Waals surface area contributed by atoms with E-state index in [-0.39, 0.29) is 11.3 Å². The van der Waals surface area contributed by atoms with E-state index in [1.54, 1.807) is 37.5 Å². The number of carbonyl (C=O) groups is 2. The average molecular weight is 408 g/mol. The third-order valence-electron chi connectivity index (χ3n) is 4.82. The lowest BCUT2D eigenvalue weighted by Crippen LogP contribution is -2.43. The molecule has 0 unspecified atom stereocenters. The van der Waals surface area contributed by atoms with Crippen molar-refractivity contribution < 1.29 is 19.1 Å². The molecule has 0 aliphatic carbocycles. The standard InChI is InChI=1S/C24H28N2O4/c1-5-11-30-23(28)25-18-8-6-7-16(12-18)22(27)14-21-20-13-19(29-4)10-9-17(20)15-24(2,3)26-21/h6-10,12-14,26H,5,11,15H2,1-4H3,(H,25,28)/b21-14-. The van der Waals surface area contributed by atoms with Crippen molar-refractivity contribution in [3.63, 3.8) is 0 Å². The summed E-state index contributed by atoms with van der Waals surface area (Å²) in [6.45, 7) is 6.48. The summed E-state index contributed by atoms with van der Waals surface area (Å²) < 4.78 is 10.4. The number of carbonyl (C=O) groups excluding carboxylic acids is 2. The molecular formula is C24H28N2O4. The van der Waals surface area contributed by atoms with E-state index in [2.05, 4.69) is 24.5 Å². The first-order valence-electron chi connectivity index (χ1n) is 10.1. The summed E-state index contributed by atoms with van der Waals surface area (Å²) in [4.78, 5) is 24.8. The fraction of sp³-hybridized carbons (Fsp3) is 0.333. The van der Waals surface area contributed by atoms with Crippen LogP contribution in [0.3, 0.4) is 0 Å². The van der Waals surface area contributed by atoms with E-state index in [9.17, 15) is 9.59 Å². The first kappa shape index (κ1) is 21.4. The summed E-state index contributed by atoms with van der Waals surface area (Å²) in [6, 6.07) is 12.7. The average Bonchev–Trinajstić information content (AvgIpc) is 2.71. The highest BCUT2D eigenvalue weighted by molar-refractivity contribution is 6.09. The first-order chi connectivity index (χ1) is 14.3. The van der Waals surface area contributed by atoms with E-state index in [1.165, 1.54) is 0 Å². The Morgan fingerprint density at radius 1 is 1.20 bits per heavy atom. The summed E-state index contributed by atoms with van der Waals surface area (Å²) in [5, 5.41) is 6.12. The molecule has 2 aromatic carbocycles. The molecule has 1 heterocycles. The molecule has 0 saturated carbocycles. The Bertz CT molecular complexity index is 979. The molecule has 0 fully saturated rings. The fourth-order valence-electron chi connectivity index (χ4n) is 3.47. The minimum atomic E-state index is -0.531. The van der Waals surface area contributed by atoms with Crippen LogP contribution < -0.4 is 15.4 Å². The number of nitrogens with one attached hydrogen (secondary N) is 2.